The largest absolute Gasteiger partial charge is 0.330 e. The molecule has 1 aliphatic rings. The maximum Gasteiger partial charge on any atom is 0.00669 e. The van der Waals surface area contributed by atoms with Crippen LogP contribution < -0.4 is 5.73 Å². The molecule has 0 aliphatic carbocycles. The zero-order valence-corrected chi connectivity index (χ0v) is 8.97. The lowest BCUT2D eigenvalue weighted by atomic mass is 10.0. The third kappa shape index (κ3) is 4.10. The average Bonchev–Trinajstić information content (AvgIpc) is 2.15. The van der Waals surface area contributed by atoms with Gasteiger partial charge in [0, 0.05) is 6.04 Å². The number of hydrogen-bond donors (Lipinski definition) is 1. The summed E-state index contributed by atoms with van der Waals surface area (Å²) < 4.78 is 0. The van der Waals surface area contributed by atoms with Gasteiger partial charge < -0.3 is 10.6 Å². The molecule has 1 aliphatic heterocycles. The lowest BCUT2D eigenvalue weighted by Gasteiger charge is -2.33. The Balaban J connectivity index is 2.05. The summed E-state index contributed by atoms with van der Waals surface area (Å²) in [5.41, 5.74) is 5.46. The first-order valence-electron chi connectivity index (χ1n) is 5.78. The lowest BCUT2D eigenvalue weighted by molar-refractivity contribution is 0.158. The average molecular weight is 184 g/mol. The summed E-state index contributed by atoms with van der Waals surface area (Å²) in [5.74, 6) is 0. The molecule has 0 radical (unpaired) electrons. The first-order valence-corrected chi connectivity index (χ1v) is 5.78. The zero-order chi connectivity index (χ0) is 9.52. The van der Waals surface area contributed by atoms with E-state index in [0.29, 0.717) is 0 Å². The highest BCUT2D eigenvalue weighted by Gasteiger charge is 2.16. The van der Waals surface area contributed by atoms with E-state index in [0.717, 1.165) is 12.6 Å². The number of nitrogens with zero attached hydrogens (tertiary/aromatic N) is 1. The van der Waals surface area contributed by atoms with Gasteiger partial charge in [-0.25, -0.2) is 0 Å². The van der Waals surface area contributed by atoms with E-state index < -0.39 is 0 Å². The van der Waals surface area contributed by atoms with Crippen molar-refractivity contribution in [1.82, 2.24) is 4.90 Å². The Labute approximate surface area is 82.5 Å². The summed E-state index contributed by atoms with van der Waals surface area (Å²) in [6, 6.07) is 0.826. The topological polar surface area (TPSA) is 29.3 Å². The monoisotopic (exact) mass is 184 g/mol. The van der Waals surface area contributed by atoms with Crippen molar-refractivity contribution >= 4 is 0 Å². The highest BCUT2D eigenvalue weighted by Crippen LogP contribution is 2.16. The number of hydrogen-bond acceptors (Lipinski definition) is 2. The van der Waals surface area contributed by atoms with E-state index in [9.17, 15) is 0 Å². The summed E-state index contributed by atoms with van der Waals surface area (Å²) in [6.45, 7) is 5.84. The minimum absolute atomic E-state index is 0.826. The van der Waals surface area contributed by atoms with Gasteiger partial charge in [-0.15, -0.1) is 0 Å². The number of piperidine rings is 1. The van der Waals surface area contributed by atoms with Crippen molar-refractivity contribution in [2.24, 2.45) is 5.73 Å². The van der Waals surface area contributed by atoms with Gasteiger partial charge in [0.2, 0.25) is 0 Å². The number of likely N-dealkylation sites (tertiary alicyclic amines) is 1. The summed E-state index contributed by atoms with van der Waals surface area (Å²) >= 11 is 0. The highest BCUT2D eigenvalue weighted by atomic mass is 15.1. The van der Waals surface area contributed by atoms with Crippen LogP contribution in [0, 0.1) is 0 Å². The van der Waals surface area contributed by atoms with E-state index in [-0.39, 0.29) is 0 Å². The van der Waals surface area contributed by atoms with E-state index in [2.05, 4.69) is 11.8 Å². The van der Waals surface area contributed by atoms with Crippen LogP contribution in [0.1, 0.15) is 45.4 Å². The molecule has 0 aromatic heterocycles. The summed E-state index contributed by atoms with van der Waals surface area (Å²) in [5, 5.41) is 0. The van der Waals surface area contributed by atoms with Crippen LogP contribution in [0.25, 0.3) is 0 Å². The molecule has 0 unspecified atom stereocenters. The smallest absolute Gasteiger partial charge is 0.00669 e. The predicted molar refractivity (Wildman–Crippen MR) is 57.8 cm³/mol. The molecule has 2 N–H and O–H groups in total. The van der Waals surface area contributed by atoms with Gasteiger partial charge in [0.25, 0.3) is 0 Å². The second-order valence-electron chi connectivity index (χ2n) is 4.23. The van der Waals surface area contributed by atoms with Gasteiger partial charge in [0.15, 0.2) is 0 Å². The van der Waals surface area contributed by atoms with Gasteiger partial charge in [-0.3, -0.25) is 0 Å². The summed E-state index contributed by atoms with van der Waals surface area (Å²) in [7, 11) is 0. The van der Waals surface area contributed by atoms with E-state index in [1.165, 1.54) is 51.6 Å². The molecule has 78 valence electrons. The Morgan fingerprint density at radius 1 is 1.23 bits per heavy atom. The van der Waals surface area contributed by atoms with Crippen molar-refractivity contribution in [3.8, 4) is 0 Å². The molecular weight excluding hydrogens is 160 g/mol. The molecule has 0 aromatic carbocycles. The van der Waals surface area contributed by atoms with Crippen LogP contribution in [0.3, 0.4) is 0 Å². The molecule has 1 fully saturated rings. The van der Waals surface area contributed by atoms with Gasteiger partial charge in [0.1, 0.15) is 0 Å². The quantitative estimate of drug-likeness (QED) is 0.662. The molecule has 0 spiro atoms. The van der Waals surface area contributed by atoms with Crippen molar-refractivity contribution in [3.63, 3.8) is 0 Å². The standard InChI is InChI=1S/C11H24N2/c1-11-7-3-6-10-13(11)9-5-2-4-8-12/h11H,2-10,12H2,1H3/t11-/m1/s1. The van der Waals surface area contributed by atoms with Crippen molar-refractivity contribution in [1.29, 1.82) is 0 Å². The molecular formula is C11H24N2. The van der Waals surface area contributed by atoms with E-state index >= 15 is 0 Å². The van der Waals surface area contributed by atoms with E-state index in [4.69, 9.17) is 5.73 Å². The third-order valence-electron chi connectivity index (χ3n) is 3.09. The molecule has 0 aromatic rings. The number of unbranched alkanes of at least 4 members (excludes halogenated alkanes) is 2. The fourth-order valence-electron chi connectivity index (χ4n) is 2.13. The number of nitrogens with two attached hydrogens (primary N) is 1. The highest BCUT2D eigenvalue weighted by molar-refractivity contribution is 4.72. The number of rotatable bonds is 5. The SMILES string of the molecule is C[C@@H]1CCCCN1CCCCCN. The minimum Gasteiger partial charge on any atom is -0.330 e. The third-order valence-corrected chi connectivity index (χ3v) is 3.09. The van der Waals surface area contributed by atoms with Crippen LogP contribution in [0.5, 0.6) is 0 Å². The lowest BCUT2D eigenvalue weighted by Crippen LogP contribution is -2.37. The summed E-state index contributed by atoms with van der Waals surface area (Å²) in [4.78, 5) is 2.64. The Morgan fingerprint density at radius 3 is 2.77 bits per heavy atom. The van der Waals surface area contributed by atoms with Crippen LogP contribution >= 0.6 is 0 Å². The Kier molecular flexibility index (Phi) is 5.40. The molecule has 2 heteroatoms. The predicted octanol–water partition coefficient (Wildman–Crippen LogP) is 1.99. The maximum absolute atomic E-state index is 5.46. The molecule has 1 rings (SSSR count). The van der Waals surface area contributed by atoms with Crippen molar-refractivity contribution in [2.45, 2.75) is 51.5 Å². The van der Waals surface area contributed by atoms with Crippen LogP contribution in [0.4, 0.5) is 0 Å². The molecule has 0 saturated carbocycles. The first kappa shape index (κ1) is 11.0. The maximum atomic E-state index is 5.46. The zero-order valence-electron chi connectivity index (χ0n) is 8.97. The van der Waals surface area contributed by atoms with Gasteiger partial charge >= 0.3 is 0 Å². The fourth-order valence-corrected chi connectivity index (χ4v) is 2.13. The van der Waals surface area contributed by atoms with E-state index in [1.807, 2.05) is 0 Å². The van der Waals surface area contributed by atoms with Crippen LogP contribution in [0.15, 0.2) is 0 Å². The first-order chi connectivity index (χ1) is 6.34. The van der Waals surface area contributed by atoms with Gasteiger partial charge in [-0.2, -0.15) is 0 Å². The second kappa shape index (κ2) is 6.39. The molecule has 1 saturated heterocycles. The molecule has 0 amide bonds. The van der Waals surface area contributed by atoms with Gasteiger partial charge in [0.05, 0.1) is 0 Å². The summed E-state index contributed by atoms with van der Waals surface area (Å²) in [6.07, 6.45) is 8.07. The van der Waals surface area contributed by atoms with Crippen LogP contribution in [-0.4, -0.2) is 30.6 Å². The Hall–Kier alpha value is -0.0800. The molecule has 1 heterocycles. The Morgan fingerprint density at radius 2 is 2.08 bits per heavy atom. The van der Waals surface area contributed by atoms with Gasteiger partial charge in [-0.1, -0.05) is 12.8 Å². The van der Waals surface area contributed by atoms with Crippen LogP contribution in [0.2, 0.25) is 0 Å². The molecule has 13 heavy (non-hydrogen) atoms. The van der Waals surface area contributed by atoms with Gasteiger partial charge in [-0.05, 0) is 52.2 Å². The molecule has 1 atom stereocenters. The van der Waals surface area contributed by atoms with Crippen molar-refractivity contribution < 1.29 is 0 Å². The fraction of sp³-hybridized carbons (Fsp3) is 1.00. The van der Waals surface area contributed by atoms with E-state index in [1.54, 1.807) is 0 Å². The van der Waals surface area contributed by atoms with Crippen molar-refractivity contribution in [2.75, 3.05) is 19.6 Å². The van der Waals surface area contributed by atoms with Crippen molar-refractivity contribution in [3.05, 3.63) is 0 Å². The van der Waals surface area contributed by atoms with Crippen LogP contribution in [-0.2, 0) is 0 Å². The Bertz CT molecular complexity index is 125. The minimum atomic E-state index is 0.826. The normalized spacial score (nSPS) is 24.9. The second-order valence-corrected chi connectivity index (χ2v) is 4.23. The molecule has 2 nitrogen and oxygen atoms in total. The molecule has 0 bridgehead atoms.